The first-order valence-electron chi connectivity index (χ1n) is 13.3. The van der Waals surface area contributed by atoms with Crippen molar-refractivity contribution < 1.29 is 46.9 Å². The molecule has 1 unspecified atom stereocenters. The van der Waals surface area contributed by atoms with Crippen molar-refractivity contribution in [1.29, 1.82) is 0 Å². The van der Waals surface area contributed by atoms with Crippen LogP contribution in [-0.2, 0) is 32.8 Å². The molecule has 16 nitrogen and oxygen atoms in total. The molecule has 2 fully saturated rings. The summed E-state index contributed by atoms with van der Waals surface area (Å²) in [6.07, 6.45) is -4.13. The number of carbonyl (C=O) groups excluding carboxylic acids is 3. The van der Waals surface area contributed by atoms with Gasteiger partial charge >= 0.3 is 19.9 Å². The van der Waals surface area contributed by atoms with Crippen molar-refractivity contribution in [3.8, 4) is 5.75 Å². The minimum absolute atomic E-state index is 0.0272. The number of nitrogens with zero attached hydrogens (tertiary/aromatic N) is 3. The zero-order chi connectivity index (χ0) is 31.1. The lowest BCUT2D eigenvalue weighted by molar-refractivity contribution is -0.149. The highest BCUT2D eigenvalue weighted by Gasteiger charge is 2.56. The molecule has 0 radical (unpaired) electrons. The second-order valence-corrected chi connectivity index (χ2v) is 11.9. The summed E-state index contributed by atoms with van der Waals surface area (Å²) >= 11 is 0. The topological polar surface area (TPSA) is 218 Å². The molecule has 3 aromatic rings. The number of nitrogen functional groups attached to an aromatic ring is 1. The number of fused-ring (bicyclic) bond motifs is 2. The SMILES string of the molecule is Cc1nc(N)c2c(C(N)=O)cn([C@@H]3O[C@H](COP(=O)(N[C@@H](C)C(=O)OC(C)C)Oc4ccccc4)[C@H]4OC(=O)O[C@H]43)c2n1. The number of aryl methyl sites for hydroxylation is 1. The zero-order valence-corrected chi connectivity index (χ0v) is 24.6. The number of primary amides is 1. The first-order chi connectivity index (χ1) is 20.3. The lowest BCUT2D eigenvalue weighted by atomic mass is 10.1. The van der Waals surface area contributed by atoms with E-state index in [0.29, 0.717) is 5.82 Å². The summed E-state index contributed by atoms with van der Waals surface area (Å²) in [6, 6.07) is 7.11. The van der Waals surface area contributed by atoms with Gasteiger partial charge in [0.1, 0.15) is 35.2 Å². The van der Waals surface area contributed by atoms with Gasteiger partial charge in [0, 0.05) is 6.20 Å². The van der Waals surface area contributed by atoms with E-state index >= 15 is 0 Å². The van der Waals surface area contributed by atoms with Crippen molar-refractivity contribution in [3.05, 3.63) is 47.9 Å². The molecule has 0 aliphatic carbocycles. The number of esters is 1. The number of aromatic nitrogens is 3. The Morgan fingerprint density at radius 1 is 1.14 bits per heavy atom. The normalized spacial score (nSPS) is 23.3. The van der Waals surface area contributed by atoms with Crippen LogP contribution in [0.15, 0.2) is 36.5 Å². The smallest absolute Gasteiger partial charge is 0.462 e. The first kappa shape index (κ1) is 30.2. The molecule has 2 aliphatic rings. The Balaban J connectivity index is 1.42. The van der Waals surface area contributed by atoms with Gasteiger partial charge in [0.05, 0.1) is 23.7 Å². The summed E-state index contributed by atoms with van der Waals surface area (Å²) in [5.74, 6) is -0.921. The van der Waals surface area contributed by atoms with Gasteiger partial charge in [-0.2, -0.15) is 5.09 Å². The summed E-state index contributed by atoms with van der Waals surface area (Å²) in [7, 11) is -4.27. The molecule has 4 heterocycles. The van der Waals surface area contributed by atoms with Crippen molar-refractivity contribution in [3.63, 3.8) is 0 Å². The van der Waals surface area contributed by atoms with E-state index < -0.39 is 69.1 Å². The Hall–Kier alpha value is -4.24. The fourth-order valence-electron chi connectivity index (χ4n) is 4.76. The second kappa shape index (κ2) is 11.8. The molecular formula is C26H31N6O10P. The third kappa shape index (κ3) is 6.27. The number of amides is 1. The molecule has 2 aliphatic heterocycles. The van der Waals surface area contributed by atoms with Gasteiger partial charge in [-0.3, -0.25) is 14.1 Å². The van der Waals surface area contributed by atoms with Crippen molar-refractivity contribution in [2.24, 2.45) is 5.73 Å². The molecule has 0 saturated carbocycles. The second-order valence-electron chi connectivity index (χ2n) is 10.2. The number of carbonyl (C=O) groups is 3. The Morgan fingerprint density at radius 3 is 2.51 bits per heavy atom. The number of ether oxygens (including phenoxy) is 4. The number of rotatable bonds is 11. The van der Waals surface area contributed by atoms with Crippen LogP contribution in [0.3, 0.4) is 0 Å². The largest absolute Gasteiger partial charge is 0.509 e. The van der Waals surface area contributed by atoms with Gasteiger partial charge in [-0.25, -0.2) is 19.3 Å². The quantitative estimate of drug-likeness (QED) is 0.208. The van der Waals surface area contributed by atoms with Crippen molar-refractivity contribution in [2.45, 2.75) is 64.4 Å². The molecular weight excluding hydrogens is 587 g/mol. The van der Waals surface area contributed by atoms with Crippen molar-refractivity contribution in [2.75, 3.05) is 12.3 Å². The van der Waals surface area contributed by atoms with Crippen LogP contribution in [0.2, 0.25) is 0 Å². The molecule has 5 rings (SSSR count). The van der Waals surface area contributed by atoms with Crippen LogP contribution in [0, 0.1) is 6.92 Å². The number of nitrogens with one attached hydrogen (secondary N) is 1. The molecule has 2 saturated heterocycles. The lowest BCUT2D eigenvalue weighted by Gasteiger charge is -2.25. The minimum Gasteiger partial charge on any atom is -0.462 e. The van der Waals surface area contributed by atoms with Crippen LogP contribution in [0.1, 0.15) is 43.2 Å². The molecule has 1 aromatic carbocycles. The third-order valence-electron chi connectivity index (χ3n) is 6.54. The maximum atomic E-state index is 13.9. The van der Waals surface area contributed by atoms with E-state index in [1.165, 1.54) is 17.7 Å². The number of hydrogen-bond acceptors (Lipinski definition) is 13. The minimum atomic E-state index is -4.27. The fourth-order valence-corrected chi connectivity index (χ4v) is 6.26. The van der Waals surface area contributed by atoms with Crippen LogP contribution >= 0.6 is 7.75 Å². The number of para-hydroxylation sites is 1. The van der Waals surface area contributed by atoms with E-state index in [0.717, 1.165) is 0 Å². The summed E-state index contributed by atoms with van der Waals surface area (Å²) in [5.41, 5.74) is 11.9. The summed E-state index contributed by atoms with van der Waals surface area (Å²) in [4.78, 5) is 45.4. The van der Waals surface area contributed by atoms with Crippen LogP contribution < -0.4 is 21.1 Å². The molecule has 1 amide bonds. The zero-order valence-electron chi connectivity index (χ0n) is 23.7. The van der Waals surface area contributed by atoms with Gasteiger partial charge in [-0.1, -0.05) is 18.2 Å². The average molecular weight is 619 g/mol. The summed E-state index contributed by atoms with van der Waals surface area (Å²) in [6.45, 7) is 5.98. The monoisotopic (exact) mass is 618 g/mol. The molecule has 17 heteroatoms. The Morgan fingerprint density at radius 2 is 1.84 bits per heavy atom. The van der Waals surface area contributed by atoms with Crippen LogP contribution in [0.25, 0.3) is 11.0 Å². The molecule has 0 spiro atoms. The number of anilines is 1. The van der Waals surface area contributed by atoms with E-state index in [9.17, 15) is 18.9 Å². The predicted molar refractivity (Wildman–Crippen MR) is 149 cm³/mol. The number of nitrogens with two attached hydrogens (primary N) is 2. The first-order valence-corrected chi connectivity index (χ1v) is 14.8. The van der Waals surface area contributed by atoms with E-state index in [4.69, 9.17) is 39.5 Å². The van der Waals surface area contributed by atoms with Crippen molar-refractivity contribution >= 4 is 42.6 Å². The summed E-state index contributed by atoms with van der Waals surface area (Å²) < 4.78 is 48.9. The van der Waals surface area contributed by atoms with E-state index in [2.05, 4.69) is 15.1 Å². The van der Waals surface area contributed by atoms with Gasteiger partial charge in [-0.15, -0.1) is 0 Å². The highest BCUT2D eigenvalue weighted by atomic mass is 31.2. The highest BCUT2D eigenvalue weighted by molar-refractivity contribution is 7.52. The van der Waals surface area contributed by atoms with Gasteiger partial charge in [0.2, 0.25) is 0 Å². The maximum absolute atomic E-state index is 13.9. The predicted octanol–water partition coefficient (Wildman–Crippen LogP) is 2.36. The standard InChI is InChI=1S/C26H31N6O10P/c1-12(2)38-25(34)13(3)31-43(36,42-15-8-6-5-7-9-15)37-11-17-19-20(41-26(35)40-19)24(39-17)32-10-16(22(28)33)18-21(27)29-14(4)30-23(18)32/h5-10,12-13,17,19-20,24H,11H2,1-4H3,(H2,28,33)(H,31,36)(H2,27,29,30)/t13-,17+,19+,20+,24+,43?/m0/s1. The van der Waals surface area contributed by atoms with Crippen LogP contribution in [0.5, 0.6) is 5.75 Å². The molecule has 5 N–H and O–H groups in total. The van der Waals surface area contributed by atoms with Crippen LogP contribution in [0.4, 0.5) is 10.6 Å². The summed E-state index contributed by atoms with van der Waals surface area (Å²) in [5, 5.41) is 2.79. The van der Waals surface area contributed by atoms with E-state index in [1.807, 2.05) is 0 Å². The van der Waals surface area contributed by atoms with Crippen molar-refractivity contribution in [1.82, 2.24) is 19.6 Å². The highest BCUT2D eigenvalue weighted by Crippen LogP contribution is 2.47. The van der Waals surface area contributed by atoms with E-state index in [-0.39, 0.29) is 28.2 Å². The van der Waals surface area contributed by atoms with Gasteiger partial charge in [0.15, 0.2) is 18.4 Å². The molecule has 230 valence electrons. The van der Waals surface area contributed by atoms with Gasteiger partial charge in [-0.05, 0) is 39.8 Å². The Bertz CT molecular complexity index is 1600. The van der Waals surface area contributed by atoms with E-state index in [1.54, 1.807) is 51.1 Å². The fraction of sp³-hybridized carbons (Fsp3) is 0.423. The number of benzene rings is 1. The molecule has 0 bridgehead atoms. The number of hydrogen-bond donors (Lipinski definition) is 3. The molecule has 6 atom stereocenters. The van der Waals surface area contributed by atoms with Gasteiger partial charge in [0.25, 0.3) is 5.91 Å². The third-order valence-corrected chi connectivity index (χ3v) is 8.18. The maximum Gasteiger partial charge on any atom is 0.509 e. The molecule has 2 aromatic heterocycles. The molecule has 43 heavy (non-hydrogen) atoms. The Kier molecular flexibility index (Phi) is 8.29. The van der Waals surface area contributed by atoms with Gasteiger partial charge < -0.3 is 39.5 Å². The Labute approximate surface area is 245 Å². The lowest BCUT2D eigenvalue weighted by Crippen LogP contribution is -2.37. The van der Waals surface area contributed by atoms with Crippen LogP contribution in [-0.4, -0.2) is 69.6 Å². The average Bonchev–Trinajstić information content (AvgIpc) is 3.59.